The highest BCUT2D eigenvalue weighted by atomic mass is 35.5. The van der Waals surface area contributed by atoms with E-state index in [-0.39, 0.29) is 16.4 Å². The minimum atomic E-state index is -0.906. The van der Waals surface area contributed by atoms with Crippen LogP contribution in [0.3, 0.4) is 0 Å². The van der Waals surface area contributed by atoms with Gasteiger partial charge in [0.1, 0.15) is 5.02 Å². The van der Waals surface area contributed by atoms with Crippen LogP contribution in [0.15, 0.2) is 18.2 Å². The summed E-state index contributed by atoms with van der Waals surface area (Å²) in [5.74, 6) is -1.73. The van der Waals surface area contributed by atoms with Crippen molar-refractivity contribution in [2.75, 3.05) is 5.32 Å². The van der Waals surface area contributed by atoms with Crippen LogP contribution in [0, 0.1) is 10.1 Å². The number of hydrogen-bond donors (Lipinski definition) is 2. The van der Waals surface area contributed by atoms with Crippen molar-refractivity contribution in [3.05, 3.63) is 33.3 Å². The Morgan fingerprint density at radius 3 is 2.35 bits per heavy atom. The van der Waals surface area contributed by atoms with Crippen molar-refractivity contribution >= 4 is 34.8 Å². The van der Waals surface area contributed by atoms with Gasteiger partial charge in [-0.3, -0.25) is 19.7 Å². The Morgan fingerprint density at radius 1 is 1.25 bits per heavy atom. The SMILES string of the molecule is CC(C)(C)NC(=O)C(=O)Nc1ccc(Cl)c([N+](=O)[O-])c1. The smallest absolute Gasteiger partial charge is 0.313 e. The van der Waals surface area contributed by atoms with E-state index in [2.05, 4.69) is 10.6 Å². The molecule has 108 valence electrons. The standard InChI is InChI=1S/C12H14ClN3O4/c1-12(2,3)15-11(18)10(17)14-7-4-5-8(13)9(6-7)16(19)20/h4-6H,1-3H3,(H,14,17)(H,15,18). The maximum atomic E-state index is 11.6. The highest BCUT2D eigenvalue weighted by molar-refractivity contribution is 6.40. The molecule has 0 aliphatic heterocycles. The predicted molar refractivity (Wildman–Crippen MR) is 74.6 cm³/mol. The summed E-state index contributed by atoms with van der Waals surface area (Å²) >= 11 is 5.64. The Bertz CT molecular complexity index is 566. The van der Waals surface area contributed by atoms with Crippen LogP contribution in [0.25, 0.3) is 0 Å². The molecular formula is C12H14ClN3O4. The molecule has 0 spiro atoms. The minimum Gasteiger partial charge on any atom is -0.343 e. The number of halogens is 1. The molecule has 0 saturated carbocycles. The number of nitrogens with one attached hydrogen (secondary N) is 2. The van der Waals surface area contributed by atoms with Crippen LogP contribution >= 0.6 is 11.6 Å². The number of amides is 2. The van der Waals surface area contributed by atoms with Gasteiger partial charge in [0.15, 0.2) is 0 Å². The van der Waals surface area contributed by atoms with Crippen LogP contribution in [-0.4, -0.2) is 22.3 Å². The topological polar surface area (TPSA) is 101 Å². The molecule has 0 unspecified atom stereocenters. The summed E-state index contributed by atoms with van der Waals surface area (Å²) in [5, 5.41) is 15.4. The fourth-order valence-electron chi connectivity index (χ4n) is 1.32. The molecule has 0 bridgehead atoms. The van der Waals surface area contributed by atoms with Crippen LogP contribution in [0.5, 0.6) is 0 Å². The van der Waals surface area contributed by atoms with Gasteiger partial charge in [-0.25, -0.2) is 0 Å². The average Bonchev–Trinajstić information content (AvgIpc) is 2.28. The van der Waals surface area contributed by atoms with E-state index in [9.17, 15) is 19.7 Å². The van der Waals surface area contributed by atoms with E-state index in [1.54, 1.807) is 20.8 Å². The fraction of sp³-hybridized carbons (Fsp3) is 0.333. The van der Waals surface area contributed by atoms with E-state index in [1.165, 1.54) is 12.1 Å². The lowest BCUT2D eigenvalue weighted by Gasteiger charge is -2.19. The van der Waals surface area contributed by atoms with Crippen LogP contribution in [0.2, 0.25) is 5.02 Å². The lowest BCUT2D eigenvalue weighted by Crippen LogP contribution is -2.46. The van der Waals surface area contributed by atoms with Crippen LogP contribution in [-0.2, 0) is 9.59 Å². The molecule has 20 heavy (non-hydrogen) atoms. The summed E-state index contributed by atoms with van der Waals surface area (Å²) in [4.78, 5) is 33.2. The van der Waals surface area contributed by atoms with Gasteiger partial charge in [-0.1, -0.05) is 11.6 Å². The second kappa shape index (κ2) is 5.87. The van der Waals surface area contributed by atoms with E-state index in [0.717, 1.165) is 6.07 Å². The van der Waals surface area contributed by atoms with Crippen molar-refractivity contribution in [1.82, 2.24) is 5.32 Å². The van der Waals surface area contributed by atoms with Crippen molar-refractivity contribution in [1.29, 1.82) is 0 Å². The molecule has 0 aromatic heterocycles. The van der Waals surface area contributed by atoms with Gasteiger partial charge in [0, 0.05) is 17.3 Å². The molecule has 8 heteroatoms. The highest BCUT2D eigenvalue weighted by Crippen LogP contribution is 2.27. The van der Waals surface area contributed by atoms with E-state index in [4.69, 9.17) is 11.6 Å². The van der Waals surface area contributed by atoms with Crippen LogP contribution in [0.4, 0.5) is 11.4 Å². The number of nitrogens with zero attached hydrogens (tertiary/aromatic N) is 1. The second-order valence-corrected chi connectivity index (χ2v) is 5.49. The molecule has 0 fully saturated rings. The van der Waals surface area contributed by atoms with Crippen molar-refractivity contribution in [3.8, 4) is 0 Å². The van der Waals surface area contributed by atoms with Crippen molar-refractivity contribution in [2.45, 2.75) is 26.3 Å². The van der Waals surface area contributed by atoms with Crippen LogP contribution in [0.1, 0.15) is 20.8 Å². The molecule has 0 aliphatic rings. The first-order chi connectivity index (χ1) is 9.10. The molecule has 0 radical (unpaired) electrons. The van der Waals surface area contributed by atoms with Crippen molar-refractivity contribution in [2.24, 2.45) is 0 Å². The van der Waals surface area contributed by atoms with Gasteiger partial charge in [0.05, 0.1) is 4.92 Å². The first kappa shape index (κ1) is 15.9. The van der Waals surface area contributed by atoms with Gasteiger partial charge in [-0.15, -0.1) is 0 Å². The lowest BCUT2D eigenvalue weighted by atomic mass is 10.1. The van der Waals surface area contributed by atoms with E-state index in [1.807, 2.05) is 0 Å². The minimum absolute atomic E-state index is 0.0489. The molecule has 0 aliphatic carbocycles. The lowest BCUT2D eigenvalue weighted by molar-refractivity contribution is -0.384. The third-order valence-electron chi connectivity index (χ3n) is 2.10. The van der Waals surface area contributed by atoms with Crippen LogP contribution < -0.4 is 10.6 Å². The zero-order valence-corrected chi connectivity index (χ0v) is 11.9. The number of hydrogen-bond acceptors (Lipinski definition) is 4. The van der Waals surface area contributed by atoms with E-state index < -0.39 is 22.3 Å². The third kappa shape index (κ3) is 4.51. The molecule has 7 nitrogen and oxygen atoms in total. The Balaban J connectivity index is 2.84. The molecule has 1 aromatic carbocycles. The molecule has 2 amide bonds. The van der Waals surface area contributed by atoms with E-state index >= 15 is 0 Å². The number of carbonyl (C=O) groups excluding carboxylic acids is 2. The molecular weight excluding hydrogens is 286 g/mol. The number of benzene rings is 1. The maximum absolute atomic E-state index is 11.6. The molecule has 0 saturated heterocycles. The Kier molecular flexibility index (Phi) is 4.67. The Labute approximate surface area is 120 Å². The molecule has 2 N–H and O–H groups in total. The predicted octanol–water partition coefficient (Wildman–Crippen LogP) is 2.10. The molecule has 1 aromatic rings. The Hall–Kier alpha value is -2.15. The second-order valence-electron chi connectivity index (χ2n) is 5.08. The number of nitro benzene ring substituents is 1. The van der Waals surface area contributed by atoms with E-state index in [0.29, 0.717) is 0 Å². The highest BCUT2D eigenvalue weighted by Gasteiger charge is 2.21. The van der Waals surface area contributed by atoms with Gasteiger partial charge < -0.3 is 10.6 Å². The molecule has 1 rings (SSSR count). The van der Waals surface area contributed by atoms with Gasteiger partial charge >= 0.3 is 11.8 Å². The van der Waals surface area contributed by atoms with Gasteiger partial charge in [0.25, 0.3) is 5.69 Å². The van der Waals surface area contributed by atoms with Crippen molar-refractivity contribution < 1.29 is 14.5 Å². The normalized spacial score (nSPS) is 10.8. The number of anilines is 1. The maximum Gasteiger partial charge on any atom is 0.313 e. The fourth-order valence-corrected chi connectivity index (χ4v) is 1.50. The molecule has 0 atom stereocenters. The van der Waals surface area contributed by atoms with Gasteiger partial charge in [0.2, 0.25) is 0 Å². The molecule has 0 heterocycles. The first-order valence-electron chi connectivity index (χ1n) is 5.67. The van der Waals surface area contributed by atoms with Gasteiger partial charge in [-0.2, -0.15) is 0 Å². The van der Waals surface area contributed by atoms with Crippen molar-refractivity contribution in [3.63, 3.8) is 0 Å². The Morgan fingerprint density at radius 2 is 1.85 bits per heavy atom. The summed E-state index contributed by atoms with van der Waals surface area (Å²) < 4.78 is 0. The summed E-state index contributed by atoms with van der Waals surface area (Å²) in [6.07, 6.45) is 0. The zero-order valence-electron chi connectivity index (χ0n) is 11.2. The summed E-state index contributed by atoms with van der Waals surface area (Å²) in [6, 6.07) is 3.74. The summed E-state index contributed by atoms with van der Waals surface area (Å²) in [6.45, 7) is 5.18. The number of rotatable bonds is 2. The summed E-state index contributed by atoms with van der Waals surface area (Å²) in [7, 11) is 0. The number of carbonyl (C=O) groups is 2. The average molecular weight is 300 g/mol. The summed E-state index contributed by atoms with van der Waals surface area (Å²) in [5.41, 5.74) is -0.781. The number of nitro groups is 1. The monoisotopic (exact) mass is 299 g/mol. The first-order valence-corrected chi connectivity index (χ1v) is 6.05. The zero-order chi connectivity index (χ0) is 15.5. The quantitative estimate of drug-likeness (QED) is 0.496. The largest absolute Gasteiger partial charge is 0.343 e. The third-order valence-corrected chi connectivity index (χ3v) is 2.42. The van der Waals surface area contributed by atoms with Gasteiger partial charge in [-0.05, 0) is 32.9 Å².